The number of ether oxygens (including phenoxy) is 1. The highest BCUT2D eigenvalue weighted by Crippen LogP contribution is 2.21. The van der Waals surface area contributed by atoms with E-state index in [4.69, 9.17) is 4.74 Å². The van der Waals surface area contributed by atoms with Gasteiger partial charge in [0, 0.05) is 11.9 Å². The largest absolute Gasteiger partial charge is 0.467 e. The van der Waals surface area contributed by atoms with E-state index in [-0.39, 0.29) is 11.9 Å². The fraction of sp³-hybridized carbons (Fsp3) is 0.500. The van der Waals surface area contributed by atoms with E-state index in [1.807, 2.05) is 10.8 Å². The van der Waals surface area contributed by atoms with Crippen LogP contribution in [0.15, 0.2) is 16.8 Å². The average Bonchev–Trinajstić information content (AvgIpc) is 2.91. The van der Waals surface area contributed by atoms with Crippen LogP contribution in [0.25, 0.3) is 0 Å². The molecule has 0 saturated carbocycles. The molecule has 1 amide bonds. The minimum Gasteiger partial charge on any atom is -0.467 e. The highest BCUT2D eigenvalue weighted by atomic mass is 32.1. The lowest BCUT2D eigenvalue weighted by atomic mass is 10.0. The quantitative estimate of drug-likeness (QED) is 0.756. The highest BCUT2D eigenvalue weighted by molar-refractivity contribution is 7.08. The number of rotatable bonds is 2. The van der Waals surface area contributed by atoms with Crippen molar-refractivity contribution in [3.8, 4) is 0 Å². The van der Waals surface area contributed by atoms with E-state index in [1.54, 1.807) is 11.0 Å². The molecule has 0 radical (unpaired) electrons. The lowest BCUT2D eigenvalue weighted by Crippen LogP contribution is -2.48. The lowest BCUT2D eigenvalue weighted by molar-refractivity contribution is -0.147. The third kappa shape index (κ3) is 2.49. The summed E-state index contributed by atoms with van der Waals surface area (Å²) in [6.07, 6.45) is 2.61. The van der Waals surface area contributed by atoms with E-state index in [9.17, 15) is 9.59 Å². The summed E-state index contributed by atoms with van der Waals surface area (Å²) >= 11 is 1.48. The predicted octanol–water partition coefficient (Wildman–Crippen LogP) is 1.92. The maximum absolute atomic E-state index is 12.2. The molecule has 92 valence electrons. The van der Waals surface area contributed by atoms with Crippen LogP contribution in [0, 0.1) is 0 Å². The molecule has 0 unspecified atom stereocenters. The topological polar surface area (TPSA) is 46.6 Å². The number of hydrogen-bond acceptors (Lipinski definition) is 4. The van der Waals surface area contributed by atoms with E-state index in [0.29, 0.717) is 18.5 Å². The Balaban J connectivity index is 2.16. The van der Waals surface area contributed by atoms with Gasteiger partial charge in [-0.05, 0) is 30.7 Å². The molecular weight excluding hydrogens is 238 g/mol. The third-order valence-corrected chi connectivity index (χ3v) is 3.69. The Morgan fingerprint density at radius 3 is 2.94 bits per heavy atom. The van der Waals surface area contributed by atoms with Gasteiger partial charge in [0.15, 0.2) is 0 Å². The van der Waals surface area contributed by atoms with Gasteiger partial charge < -0.3 is 9.64 Å². The van der Waals surface area contributed by atoms with Crippen molar-refractivity contribution in [1.82, 2.24) is 4.90 Å². The molecule has 1 aromatic heterocycles. The number of likely N-dealkylation sites (tertiary alicyclic amines) is 1. The Morgan fingerprint density at radius 2 is 2.29 bits per heavy atom. The number of methoxy groups -OCH3 is 1. The molecule has 5 heteroatoms. The van der Waals surface area contributed by atoms with Gasteiger partial charge in [-0.25, -0.2) is 4.79 Å². The molecule has 1 aromatic rings. The van der Waals surface area contributed by atoms with Crippen LogP contribution in [0.1, 0.15) is 29.6 Å². The van der Waals surface area contributed by atoms with Gasteiger partial charge in [0.25, 0.3) is 5.91 Å². The second kappa shape index (κ2) is 5.31. The van der Waals surface area contributed by atoms with Crippen molar-refractivity contribution in [3.63, 3.8) is 0 Å². The number of carbonyl (C=O) groups excluding carboxylic acids is 2. The Bertz CT molecular complexity index is 402. The molecule has 0 aromatic carbocycles. The van der Waals surface area contributed by atoms with E-state index in [0.717, 1.165) is 12.8 Å². The van der Waals surface area contributed by atoms with Gasteiger partial charge in [0.1, 0.15) is 6.04 Å². The summed E-state index contributed by atoms with van der Waals surface area (Å²) in [5, 5.41) is 3.68. The van der Waals surface area contributed by atoms with Crippen molar-refractivity contribution in [2.24, 2.45) is 0 Å². The third-order valence-electron chi connectivity index (χ3n) is 3.01. The molecular formula is C12H15NO3S. The second-order valence-corrected chi connectivity index (χ2v) is 4.83. The Kier molecular flexibility index (Phi) is 3.78. The standard InChI is InChI=1S/C12H15NO3S/c1-16-12(15)10-4-2-3-6-13(10)11(14)9-5-7-17-8-9/h5,7-8,10H,2-4,6H2,1H3/t10-/m1/s1. The van der Waals surface area contributed by atoms with Gasteiger partial charge in [0.2, 0.25) is 0 Å². The minimum absolute atomic E-state index is 0.0682. The summed E-state index contributed by atoms with van der Waals surface area (Å²) in [6, 6.07) is 1.37. The van der Waals surface area contributed by atoms with Crippen LogP contribution in [-0.4, -0.2) is 36.5 Å². The van der Waals surface area contributed by atoms with Crippen LogP contribution < -0.4 is 0 Å². The number of amides is 1. The van der Waals surface area contributed by atoms with E-state index in [2.05, 4.69) is 0 Å². The first-order valence-electron chi connectivity index (χ1n) is 5.65. The summed E-state index contributed by atoms with van der Waals surface area (Å²) in [5.74, 6) is -0.380. The SMILES string of the molecule is COC(=O)[C@H]1CCCCN1C(=O)c1ccsc1. The first kappa shape index (κ1) is 12.1. The summed E-state index contributed by atoms with van der Waals surface area (Å²) < 4.78 is 4.76. The molecule has 0 spiro atoms. The molecule has 0 N–H and O–H groups in total. The molecule has 1 aliphatic heterocycles. The number of carbonyl (C=O) groups is 2. The Labute approximate surface area is 104 Å². The van der Waals surface area contributed by atoms with E-state index in [1.165, 1.54) is 18.4 Å². The molecule has 1 aliphatic rings. The first-order valence-corrected chi connectivity index (χ1v) is 6.59. The summed E-state index contributed by atoms with van der Waals surface area (Å²) in [7, 11) is 1.37. The zero-order valence-electron chi connectivity index (χ0n) is 9.72. The number of esters is 1. The number of nitrogens with zero attached hydrogens (tertiary/aromatic N) is 1. The van der Waals surface area contributed by atoms with E-state index >= 15 is 0 Å². The van der Waals surface area contributed by atoms with Crippen LogP contribution in [0.2, 0.25) is 0 Å². The summed E-state index contributed by atoms with van der Waals surface area (Å²) in [5.41, 5.74) is 0.658. The van der Waals surface area contributed by atoms with Crippen molar-refractivity contribution >= 4 is 23.2 Å². The van der Waals surface area contributed by atoms with Gasteiger partial charge in [-0.3, -0.25) is 4.79 Å². The van der Waals surface area contributed by atoms with Gasteiger partial charge in [-0.1, -0.05) is 0 Å². The summed E-state index contributed by atoms with van der Waals surface area (Å²) in [6.45, 7) is 0.633. The molecule has 1 saturated heterocycles. The maximum Gasteiger partial charge on any atom is 0.328 e. The maximum atomic E-state index is 12.2. The van der Waals surface area contributed by atoms with Crippen molar-refractivity contribution in [1.29, 1.82) is 0 Å². The van der Waals surface area contributed by atoms with Crippen molar-refractivity contribution in [2.45, 2.75) is 25.3 Å². The van der Waals surface area contributed by atoms with Crippen molar-refractivity contribution in [3.05, 3.63) is 22.4 Å². The zero-order valence-corrected chi connectivity index (χ0v) is 10.5. The van der Waals surface area contributed by atoms with Crippen LogP contribution in [0.4, 0.5) is 0 Å². The van der Waals surface area contributed by atoms with E-state index < -0.39 is 6.04 Å². The molecule has 0 aliphatic carbocycles. The number of thiophene rings is 1. The van der Waals surface area contributed by atoms with Gasteiger partial charge in [0.05, 0.1) is 12.7 Å². The summed E-state index contributed by atoms with van der Waals surface area (Å²) in [4.78, 5) is 25.5. The Morgan fingerprint density at radius 1 is 1.47 bits per heavy atom. The molecule has 1 atom stereocenters. The van der Waals surface area contributed by atoms with Crippen LogP contribution in [-0.2, 0) is 9.53 Å². The molecule has 4 nitrogen and oxygen atoms in total. The minimum atomic E-state index is -0.416. The number of piperidine rings is 1. The second-order valence-electron chi connectivity index (χ2n) is 4.05. The van der Waals surface area contributed by atoms with Gasteiger partial charge >= 0.3 is 5.97 Å². The van der Waals surface area contributed by atoms with Crippen LogP contribution in [0.3, 0.4) is 0 Å². The fourth-order valence-electron chi connectivity index (χ4n) is 2.11. The van der Waals surface area contributed by atoms with Crippen LogP contribution in [0.5, 0.6) is 0 Å². The number of hydrogen-bond donors (Lipinski definition) is 0. The first-order chi connectivity index (χ1) is 8.24. The average molecular weight is 253 g/mol. The van der Waals surface area contributed by atoms with Gasteiger partial charge in [-0.2, -0.15) is 11.3 Å². The van der Waals surface area contributed by atoms with Crippen molar-refractivity contribution in [2.75, 3.05) is 13.7 Å². The normalized spacial score (nSPS) is 20.1. The monoisotopic (exact) mass is 253 g/mol. The zero-order chi connectivity index (χ0) is 12.3. The van der Waals surface area contributed by atoms with Gasteiger partial charge in [-0.15, -0.1) is 0 Å². The molecule has 1 fully saturated rings. The smallest absolute Gasteiger partial charge is 0.328 e. The molecule has 2 heterocycles. The lowest BCUT2D eigenvalue weighted by Gasteiger charge is -2.33. The molecule has 2 rings (SSSR count). The predicted molar refractivity (Wildman–Crippen MR) is 65.0 cm³/mol. The highest BCUT2D eigenvalue weighted by Gasteiger charge is 2.33. The Hall–Kier alpha value is -1.36. The fourth-order valence-corrected chi connectivity index (χ4v) is 2.74. The molecule has 17 heavy (non-hydrogen) atoms. The van der Waals surface area contributed by atoms with Crippen LogP contribution >= 0.6 is 11.3 Å². The molecule has 0 bridgehead atoms. The van der Waals surface area contributed by atoms with Crippen molar-refractivity contribution < 1.29 is 14.3 Å².